The van der Waals surface area contributed by atoms with Crippen molar-refractivity contribution in [2.75, 3.05) is 11.9 Å². The zero-order valence-electron chi connectivity index (χ0n) is 11.8. The molecule has 0 saturated heterocycles. The summed E-state index contributed by atoms with van der Waals surface area (Å²) in [6, 6.07) is 11.6. The van der Waals surface area contributed by atoms with Crippen LogP contribution < -0.4 is 4.90 Å². The monoisotopic (exact) mass is 408 g/mol. The van der Waals surface area contributed by atoms with Crippen molar-refractivity contribution in [1.29, 1.82) is 0 Å². The van der Waals surface area contributed by atoms with Gasteiger partial charge in [0.05, 0.1) is 16.2 Å². The number of nitrogens with zero attached hydrogens (tertiary/aromatic N) is 2. The van der Waals surface area contributed by atoms with Gasteiger partial charge in [-0.25, -0.2) is 0 Å². The van der Waals surface area contributed by atoms with Gasteiger partial charge in [-0.1, -0.05) is 24.8 Å². The number of carbonyl (C=O) groups is 1. The average Bonchev–Trinajstić information content (AvgIpc) is 2.53. The highest BCUT2D eigenvalue weighted by atomic mass is 127. The molecule has 2 aromatic carbocycles. The molecule has 0 heterocycles. The standard InChI is InChI=1S/C16H13IN2O3/c1-3-11-10-12(19(21)22)8-9-15(11)18(2)16(20)13-6-4-5-7-14(13)17/h3-10H,1H2,2H3. The van der Waals surface area contributed by atoms with E-state index in [9.17, 15) is 14.9 Å². The summed E-state index contributed by atoms with van der Waals surface area (Å²) in [6.45, 7) is 3.66. The van der Waals surface area contributed by atoms with E-state index in [1.165, 1.54) is 23.1 Å². The van der Waals surface area contributed by atoms with Gasteiger partial charge in [-0.3, -0.25) is 14.9 Å². The van der Waals surface area contributed by atoms with E-state index in [0.29, 0.717) is 16.8 Å². The van der Waals surface area contributed by atoms with Crippen LogP contribution in [0.5, 0.6) is 0 Å². The largest absolute Gasteiger partial charge is 0.311 e. The number of halogens is 1. The lowest BCUT2D eigenvalue weighted by Gasteiger charge is -2.20. The number of amides is 1. The second-order valence-electron chi connectivity index (χ2n) is 4.55. The van der Waals surface area contributed by atoms with Crippen LogP contribution in [-0.4, -0.2) is 17.9 Å². The maximum Gasteiger partial charge on any atom is 0.270 e. The van der Waals surface area contributed by atoms with E-state index in [-0.39, 0.29) is 11.6 Å². The maximum absolute atomic E-state index is 12.6. The molecule has 0 spiro atoms. The lowest BCUT2D eigenvalue weighted by Crippen LogP contribution is -2.27. The molecule has 0 radical (unpaired) electrons. The summed E-state index contributed by atoms with van der Waals surface area (Å²) in [7, 11) is 1.64. The summed E-state index contributed by atoms with van der Waals surface area (Å²) in [5, 5.41) is 10.8. The van der Waals surface area contributed by atoms with Crippen LogP contribution in [-0.2, 0) is 0 Å². The van der Waals surface area contributed by atoms with Crippen molar-refractivity contribution in [1.82, 2.24) is 0 Å². The summed E-state index contributed by atoms with van der Waals surface area (Å²) < 4.78 is 0.846. The van der Waals surface area contributed by atoms with Crippen LogP contribution in [0.4, 0.5) is 11.4 Å². The number of non-ortho nitro benzene ring substituents is 1. The molecule has 2 aromatic rings. The number of nitro groups is 1. The molecule has 0 aliphatic carbocycles. The number of anilines is 1. The van der Waals surface area contributed by atoms with E-state index in [2.05, 4.69) is 29.2 Å². The first-order chi connectivity index (χ1) is 10.5. The third-order valence-corrected chi connectivity index (χ3v) is 4.15. The van der Waals surface area contributed by atoms with Crippen molar-refractivity contribution in [2.24, 2.45) is 0 Å². The Labute approximate surface area is 141 Å². The molecule has 5 nitrogen and oxygen atoms in total. The van der Waals surface area contributed by atoms with Gasteiger partial charge < -0.3 is 4.90 Å². The lowest BCUT2D eigenvalue weighted by molar-refractivity contribution is -0.384. The Hall–Kier alpha value is -2.22. The number of hydrogen-bond acceptors (Lipinski definition) is 3. The topological polar surface area (TPSA) is 63.5 Å². The van der Waals surface area contributed by atoms with Crippen molar-refractivity contribution in [3.8, 4) is 0 Å². The Balaban J connectivity index is 2.43. The van der Waals surface area contributed by atoms with Crippen molar-refractivity contribution in [3.63, 3.8) is 0 Å². The van der Waals surface area contributed by atoms with Gasteiger partial charge >= 0.3 is 0 Å². The van der Waals surface area contributed by atoms with Gasteiger partial charge in [-0.15, -0.1) is 0 Å². The molecule has 0 unspecified atom stereocenters. The summed E-state index contributed by atoms with van der Waals surface area (Å²) in [6.07, 6.45) is 1.50. The molecule has 0 aliphatic rings. The Morgan fingerprint density at radius 1 is 1.32 bits per heavy atom. The molecule has 112 valence electrons. The van der Waals surface area contributed by atoms with Gasteiger partial charge in [-0.2, -0.15) is 0 Å². The molecule has 0 bridgehead atoms. The van der Waals surface area contributed by atoms with Gasteiger partial charge in [0.2, 0.25) is 0 Å². The summed E-state index contributed by atoms with van der Waals surface area (Å²) in [5.74, 6) is -0.179. The van der Waals surface area contributed by atoms with Gasteiger partial charge in [0.25, 0.3) is 11.6 Å². The Morgan fingerprint density at radius 2 is 2.00 bits per heavy atom. The van der Waals surface area contributed by atoms with Crippen LogP contribution in [0.3, 0.4) is 0 Å². The molecule has 0 fully saturated rings. The zero-order valence-corrected chi connectivity index (χ0v) is 14.0. The molecule has 0 N–H and O–H groups in total. The molecule has 0 saturated carbocycles. The number of rotatable bonds is 4. The second-order valence-corrected chi connectivity index (χ2v) is 5.71. The molecule has 22 heavy (non-hydrogen) atoms. The van der Waals surface area contributed by atoms with E-state index < -0.39 is 4.92 Å². The van der Waals surface area contributed by atoms with Gasteiger partial charge in [-0.05, 0) is 40.8 Å². The van der Waals surface area contributed by atoms with Crippen molar-refractivity contribution in [3.05, 3.63) is 73.9 Å². The van der Waals surface area contributed by atoms with E-state index in [1.54, 1.807) is 25.2 Å². The fraction of sp³-hybridized carbons (Fsp3) is 0.0625. The molecule has 2 rings (SSSR count). The Kier molecular flexibility index (Phi) is 4.92. The quantitative estimate of drug-likeness (QED) is 0.435. The maximum atomic E-state index is 12.6. The fourth-order valence-electron chi connectivity index (χ4n) is 2.05. The Bertz CT molecular complexity index is 759. The molecular weight excluding hydrogens is 395 g/mol. The second kappa shape index (κ2) is 6.69. The first-order valence-corrected chi connectivity index (χ1v) is 7.47. The van der Waals surface area contributed by atoms with Gasteiger partial charge in [0, 0.05) is 28.3 Å². The molecule has 0 aliphatic heterocycles. The van der Waals surface area contributed by atoms with E-state index in [1.807, 2.05) is 12.1 Å². The Morgan fingerprint density at radius 3 is 2.59 bits per heavy atom. The van der Waals surface area contributed by atoms with Crippen LogP contribution in [0.2, 0.25) is 0 Å². The van der Waals surface area contributed by atoms with Crippen LogP contribution in [0.1, 0.15) is 15.9 Å². The van der Waals surface area contributed by atoms with Crippen LogP contribution >= 0.6 is 22.6 Å². The summed E-state index contributed by atoms with van der Waals surface area (Å²) in [5.41, 5.74) is 1.66. The minimum atomic E-state index is -0.473. The smallest absolute Gasteiger partial charge is 0.270 e. The molecular formula is C16H13IN2O3. The third-order valence-electron chi connectivity index (χ3n) is 3.21. The minimum Gasteiger partial charge on any atom is -0.311 e. The minimum absolute atomic E-state index is 0.0335. The number of carbonyl (C=O) groups excluding carboxylic acids is 1. The SMILES string of the molecule is C=Cc1cc([N+](=O)[O-])ccc1N(C)C(=O)c1ccccc1I. The fourth-order valence-corrected chi connectivity index (χ4v) is 2.67. The van der Waals surface area contributed by atoms with Crippen LogP contribution in [0, 0.1) is 13.7 Å². The number of nitro benzene ring substituents is 1. The molecule has 1 amide bonds. The summed E-state index contributed by atoms with van der Waals surface area (Å²) >= 11 is 2.10. The first-order valence-electron chi connectivity index (χ1n) is 6.39. The molecule has 6 heteroatoms. The van der Waals surface area contributed by atoms with Crippen LogP contribution in [0.15, 0.2) is 49.0 Å². The van der Waals surface area contributed by atoms with E-state index in [0.717, 1.165) is 3.57 Å². The predicted octanol–water partition coefficient (Wildman–Crippen LogP) is 4.12. The first kappa shape index (κ1) is 16.2. The van der Waals surface area contributed by atoms with E-state index in [4.69, 9.17) is 0 Å². The molecule has 0 atom stereocenters. The highest BCUT2D eigenvalue weighted by Crippen LogP contribution is 2.27. The predicted molar refractivity (Wildman–Crippen MR) is 95.1 cm³/mol. The van der Waals surface area contributed by atoms with Crippen molar-refractivity contribution in [2.45, 2.75) is 0 Å². The molecule has 0 aromatic heterocycles. The highest BCUT2D eigenvalue weighted by molar-refractivity contribution is 14.1. The van der Waals surface area contributed by atoms with Gasteiger partial charge in [0.15, 0.2) is 0 Å². The zero-order chi connectivity index (χ0) is 16.3. The number of hydrogen-bond donors (Lipinski definition) is 0. The number of benzene rings is 2. The lowest BCUT2D eigenvalue weighted by atomic mass is 10.1. The van der Waals surface area contributed by atoms with E-state index >= 15 is 0 Å². The van der Waals surface area contributed by atoms with Crippen molar-refractivity contribution < 1.29 is 9.72 Å². The highest BCUT2D eigenvalue weighted by Gasteiger charge is 2.19. The summed E-state index contributed by atoms with van der Waals surface area (Å²) in [4.78, 5) is 24.4. The normalized spacial score (nSPS) is 10.1. The van der Waals surface area contributed by atoms with Crippen LogP contribution in [0.25, 0.3) is 6.08 Å². The van der Waals surface area contributed by atoms with Crippen molar-refractivity contribution >= 4 is 45.9 Å². The average molecular weight is 408 g/mol. The third kappa shape index (κ3) is 3.16. The van der Waals surface area contributed by atoms with Gasteiger partial charge in [0.1, 0.15) is 0 Å².